The third kappa shape index (κ3) is 6.24. The first-order chi connectivity index (χ1) is 8.37. The Morgan fingerprint density at radius 3 is 2.78 bits per heavy atom. The second-order valence-corrected chi connectivity index (χ2v) is 3.85. The number of nitrogens with zero attached hydrogens (tertiary/aromatic N) is 2. The van der Waals surface area contributed by atoms with Gasteiger partial charge in [-0.15, -0.1) is 0 Å². The first-order valence-corrected chi connectivity index (χ1v) is 5.40. The van der Waals surface area contributed by atoms with E-state index in [0.717, 1.165) is 5.56 Å². The standard InChI is InChI=1S/C10H15F3N4O/c1-8-4-16-17(6-8)3-2-14-5-9(18)15-7-10(11,12)13/h4,6,14H,2-3,5,7H2,1H3,(H,15,18). The van der Waals surface area contributed by atoms with Crippen molar-refractivity contribution in [2.24, 2.45) is 0 Å². The fraction of sp³-hybridized carbons (Fsp3) is 0.600. The number of hydrogen-bond donors (Lipinski definition) is 2. The van der Waals surface area contributed by atoms with Crippen molar-refractivity contribution in [3.8, 4) is 0 Å². The number of hydrogen-bond acceptors (Lipinski definition) is 3. The Morgan fingerprint density at radius 1 is 1.50 bits per heavy atom. The van der Waals surface area contributed by atoms with E-state index in [0.29, 0.717) is 13.1 Å². The summed E-state index contributed by atoms with van der Waals surface area (Å²) in [5.41, 5.74) is 1.03. The summed E-state index contributed by atoms with van der Waals surface area (Å²) >= 11 is 0. The summed E-state index contributed by atoms with van der Waals surface area (Å²) in [5, 5.41) is 8.54. The van der Waals surface area contributed by atoms with Crippen LogP contribution in [0.5, 0.6) is 0 Å². The SMILES string of the molecule is Cc1cnn(CCNCC(=O)NCC(F)(F)F)c1. The minimum Gasteiger partial charge on any atom is -0.346 e. The fourth-order valence-corrected chi connectivity index (χ4v) is 1.25. The fourth-order valence-electron chi connectivity index (χ4n) is 1.25. The number of rotatable bonds is 6. The summed E-state index contributed by atoms with van der Waals surface area (Å²) in [4.78, 5) is 11.0. The van der Waals surface area contributed by atoms with Crippen LogP contribution in [0.15, 0.2) is 12.4 Å². The number of amides is 1. The van der Waals surface area contributed by atoms with E-state index in [1.54, 1.807) is 16.2 Å². The van der Waals surface area contributed by atoms with Crippen LogP contribution in [0, 0.1) is 6.92 Å². The van der Waals surface area contributed by atoms with Crippen molar-refractivity contribution in [2.45, 2.75) is 19.6 Å². The van der Waals surface area contributed by atoms with Gasteiger partial charge in [0.25, 0.3) is 0 Å². The van der Waals surface area contributed by atoms with Gasteiger partial charge >= 0.3 is 6.18 Å². The van der Waals surface area contributed by atoms with Gasteiger partial charge in [-0.3, -0.25) is 9.48 Å². The Morgan fingerprint density at radius 2 is 2.22 bits per heavy atom. The number of carbonyl (C=O) groups excluding carboxylic acids is 1. The minimum absolute atomic E-state index is 0.143. The molecular formula is C10H15F3N4O. The van der Waals surface area contributed by atoms with Crippen LogP contribution < -0.4 is 10.6 Å². The molecule has 5 nitrogen and oxygen atoms in total. The molecule has 18 heavy (non-hydrogen) atoms. The molecule has 1 heterocycles. The smallest absolute Gasteiger partial charge is 0.346 e. The summed E-state index contributed by atoms with van der Waals surface area (Å²) in [5.74, 6) is -0.677. The van der Waals surface area contributed by atoms with E-state index < -0.39 is 18.6 Å². The summed E-state index contributed by atoms with van der Waals surface area (Å²) in [7, 11) is 0. The van der Waals surface area contributed by atoms with Crippen LogP contribution in [0.4, 0.5) is 13.2 Å². The molecule has 1 aromatic heterocycles. The number of nitrogens with one attached hydrogen (secondary N) is 2. The van der Waals surface area contributed by atoms with Crippen molar-refractivity contribution in [3.05, 3.63) is 18.0 Å². The number of halogens is 3. The van der Waals surface area contributed by atoms with Gasteiger partial charge in [0.1, 0.15) is 6.54 Å². The third-order valence-corrected chi connectivity index (χ3v) is 2.05. The van der Waals surface area contributed by atoms with Crippen molar-refractivity contribution in [1.82, 2.24) is 20.4 Å². The van der Waals surface area contributed by atoms with Gasteiger partial charge in [-0.05, 0) is 12.5 Å². The highest BCUT2D eigenvalue weighted by molar-refractivity contribution is 5.77. The second kappa shape index (κ2) is 6.39. The summed E-state index contributed by atoms with van der Waals surface area (Å²) in [6, 6.07) is 0. The molecule has 0 aromatic carbocycles. The monoisotopic (exact) mass is 264 g/mol. The van der Waals surface area contributed by atoms with Crippen molar-refractivity contribution < 1.29 is 18.0 Å². The predicted molar refractivity (Wildman–Crippen MR) is 58.9 cm³/mol. The minimum atomic E-state index is -4.37. The molecule has 0 spiro atoms. The van der Waals surface area contributed by atoms with Gasteiger partial charge < -0.3 is 10.6 Å². The molecule has 102 valence electrons. The van der Waals surface area contributed by atoms with Gasteiger partial charge in [0, 0.05) is 12.7 Å². The largest absolute Gasteiger partial charge is 0.405 e. The number of aryl methyl sites for hydroxylation is 1. The number of alkyl halides is 3. The Kier molecular flexibility index (Phi) is 5.14. The zero-order valence-corrected chi connectivity index (χ0v) is 9.92. The van der Waals surface area contributed by atoms with Crippen molar-refractivity contribution in [1.29, 1.82) is 0 Å². The van der Waals surface area contributed by atoms with Crippen LogP contribution in [0.2, 0.25) is 0 Å². The maximum absolute atomic E-state index is 11.8. The molecule has 0 bridgehead atoms. The Balaban J connectivity index is 2.09. The van der Waals surface area contributed by atoms with Crippen LogP contribution in [0.25, 0.3) is 0 Å². The molecule has 1 aromatic rings. The Bertz CT molecular complexity index is 389. The molecule has 0 saturated carbocycles. The zero-order chi connectivity index (χ0) is 13.6. The molecule has 1 rings (SSSR count). The topological polar surface area (TPSA) is 59.0 Å². The first-order valence-electron chi connectivity index (χ1n) is 5.40. The molecule has 2 N–H and O–H groups in total. The van der Waals surface area contributed by atoms with Gasteiger partial charge in [0.15, 0.2) is 0 Å². The van der Waals surface area contributed by atoms with E-state index in [2.05, 4.69) is 10.4 Å². The number of carbonyl (C=O) groups is 1. The average molecular weight is 264 g/mol. The normalized spacial score (nSPS) is 11.6. The molecule has 0 unspecified atom stereocenters. The van der Waals surface area contributed by atoms with E-state index in [1.165, 1.54) is 0 Å². The van der Waals surface area contributed by atoms with E-state index in [1.807, 2.05) is 13.1 Å². The van der Waals surface area contributed by atoms with E-state index in [9.17, 15) is 18.0 Å². The van der Waals surface area contributed by atoms with Crippen LogP contribution in [0.3, 0.4) is 0 Å². The first kappa shape index (κ1) is 14.5. The van der Waals surface area contributed by atoms with Gasteiger partial charge in [-0.25, -0.2) is 0 Å². The van der Waals surface area contributed by atoms with E-state index in [-0.39, 0.29) is 6.54 Å². The molecule has 0 saturated heterocycles. The Labute approximate surface area is 102 Å². The molecule has 0 atom stereocenters. The van der Waals surface area contributed by atoms with Crippen LogP contribution in [0.1, 0.15) is 5.56 Å². The maximum Gasteiger partial charge on any atom is 0.405 e. The highest BCUT2D eigenvalue weighted by Gasteiger charge is 2.27. The van der Waals surface area contributed by atoms with Crippen molar-refractivity contribution in [2.75, 3.05) is 19.6 Å². The molecule has 0 fully saturated rings. The quantitative estimate of drug-likeness (QED) is 0.734. The van der Waals surface area contributed by atoms with Crippen molar-refractivity contribution in [3.63, 3.8) is 0 Å². The predicted octanol–water partition coefficient (Wildman–Crippen LogP) is 0.460. The third-order valence-electron chi connectivity index (χ3n) is 2.05. The van der Waals surface area contributed by atoms with E-state index in [4.69, 9.17) is 0 Å². The van der Waals surface area contributed by atoms with Gasteiger partial charge in [0.05, 0.1) is 19.3 Å². The molecular weight excluding hydrogens is 249 g/mol. The van der Waals surface area contributed by atoms with Crippen LogP contribution in [-0.2, 0) is 11.3 Å². The van der Waals surface area contributed by atoms with Crippen LogP contribution >= 0.6 is 0 Å². The van der Waals surface area contributed by atoms with Crippen LogP contribution in [-0.4, -0.2) is 41.5 Å². The second-order valence-electron chi connectivity index (χ2n) is 3.85. The van der Waals surface area contributed by atoms with Gasteiger partial charge in [-0.2, -0.15) is 18.3 Å². The lowest BCUT2D eigenvalue weighted by Crippen LogP contribution is -2.39. The molecule has 8 heteroatoms. The highest BCUT2D eigenvalue weighted by atomic mass is 19.4. The molecule has 0 aliphatic heterocycles. The van der Waals surface area contributed by atoms with E-state index >= 15 is 0 Å². The molecule has 0 aliphatic rings. The highest BCUT2D eigenvalue weighted by Crippen LogP contribution is 2.11. The van der Waals surface area contributed by atoms with Crippen molar-refractivity contribution >= 4 is 5.91 Å². The number of aromatic nitrogens is 2. The van der Waals surface area contributed by atoms with Gasteiger partial charge in [-0.1, -0.05) is 0 Å². The lowest BCUT2D eigenvalue weighted by molar-refractivity contribution is -0.137. The lowest BCUT2D eigenvalue weighted by atomic mass is 10.4. The molecule has 0 radical (unpaired) electrons. The molecule has 1 amide bonds. The summed E-state index contributed by atoms with van der Waals surface area (Å²) < 4.78 is 37.0. The zero-order valence-electron chi connectivity index (χ0n) is 9.92. The molecule has 0 aliphatic carbocycles. The Hall–Kier alpha value is -1.57. The maximum atomic E-state index is 11.8. The summed E-state index contributed by atoms with van der Waals surface area (Å²) in [6.45, 7) is 1.48. The van der Waals surface area contributed by atoms with Gasteiger partial charge in [0.2, 0.25) is 5.91 Å². The lowest BCUT2D eigenvalue weighted by Gasteiger charge is -2.09. The average Bonchev–Trinajstić information content (AvgIpc) is 2.67. The summed E-state index contributed by atoms with van der Waals surface area (Å²) in [6.07, 6.45) is -0.830.